The zero-order valence-electron chi connectivity index (χ0n) is 10.5. The summed E-state index contributed by atoms with van der Waals surface area (Å²) in [7, 11) is 0. The van der Waals surface area contributed by atoms with E-state index in [1.54, 1.807) is 0 Å². The maximum absolute atomic E-state index is 13.4. The number of aryl methyl sites for hydroxylation is 1. The number of aliphatic carboxylic acids is 1. The Morgan fingerprint density at radius 3 is 2.85 bits per heavy atom. The minimum Gasteiger partial charge on any atom is -0.481 e. The largest absolute Gasteiger partial charge is 0.481 e. The average molecular weight is 282 g/mol. The van der Waals surface area contributed by atoms with Crippen molar-refractivity contribution in [3.63, 3.8) is 0 Å². The molecule has 0 atom stereocenters. The summed E-state index contributed by atoms with van der Waals surface area (Å²) in [6, 6.07) is 3.28. The van der Waals surface area contributed by atoms with Crippen molar-refractivity contribution in [3.8, 4) is 0 Å². The summed E-state index contributed by atoms with van der Waals surface area (Å²) in [5.74, 6) is -1.61. The van der Waals surface area contributed by atoms with E-state index in [4.69, 9.17) is 9.63 Å². The number of hydrogen-bond donors (Lipinski definition) is 1. The molecule has 0 aliphatic heterocycles. The minimum atomic E-state index is -0.891. The molecule has 1 heterocycles. The van der Waals surface area contributed by atoms with Crippen molar-refractivity contribution in [1.82, 2.24) is 10.1 Å². The third-order valence-corrected chi connectivity index (χ3v) is 2.66. The van der Waals surface area contributed by atoms with Gasteiger partial charge < -0.3 is 9.63 Å². The standard InChI is InChI=1S/C13H12F2N2O3/c14-9-5-4-8(10(15)7-9)6-11-16-12(20-17-11)2-1-3-13(18)19/h4-5,7H,1-3,6H2,(H,18,19). The van der Waals surface area contributed by atoms with Gasteiger partial charge in [0.25, 0.3) is 0 Å². The van der Waals surface area contributed by atoms with Gasteiger partial charge in [-0.2, -0.15) is 4.98 Å². The number of nitrogens with zero attached hydrogens (tertiary/aromatic N) is 2. The third-order valence-electron chi connectivity index (χ3n) is 2.66. The number of carboxylic acid groups (broad SMARTS) is 1. The molecule has 0 aliphatic carbocycles. The molecule has 2 aromatic rings. The molecule has 2 rings (SSSR count). The molecule has 0 bridgehead atoms. The lowest BCUT2D eigenvalue weighted by Crippen LogP contribution is -1.97. The Balaban J connectivity index is 1.97. The van der Waals surface area contributed by atoms with E-state index in [1.807, 2.05) is 0 Å². The Bertz CT molecular complexity index is 613. The Kier molecular flexibility index (Phi) is 4.39. The Labute approximate surface area is 113 Å². The van der Waals surface area contributed by atoms with Gasteiger partial charge in [-0.05, 0) is 18.1 Å². The molecule has 0 fully saturated rings. The van der Waals surface area contributed by atoms with E-state index in [9.17, 15) is 13.6 Å². The van der Waals surface area contributed by atoms with E-state index < -0.39 is 17.6 Å². The van der Waals surface area contributed by atoms with Crippen LogP contribution in [-0.2, 0) is 17.6 Å². The normalized spacial score (nSPS) is 10.7. The van der Waals surface area contributed by atoms with Crippen molar-refractivity contribution in [3.05, 3.63) is 47.1 Å². The Hall–Kier alpha value is -2.31. The lowest BCUT2D eigenvalue weighted by atomic mass is 10.1. The maximum atomic E-state index is 13.4. The van der Waals surface area contributed by atoms with Crippen LogP contribution >= 0.6 is 0 Å². The SMILES string of the molecule is O=C(O)CCCc1nc(Cc2ccc(F)cc2F)no1. The Morgan fingerprint density at radius 2 is 2.15 bits per heavy atom. The van der Waals surface area contributed by atoms with E-state index in [-0.39, 0.29) is 24.2 Å². The average Bonchev–Trinajstić information content (AvgIpc) is 2.80. The van der Waals surface area contributed by atoms with Gasteiger partial charge in [-0.25, -0.2) is 8.78 Å². The summed E-state index contributed by atoms with van der Waals surface area (Å²) in [5.41, 5.74) is 0.268. The first kappa shape index (κ1) is 14.1. The van der Waals surface area contributed by atoms with Crippen LogP contribution in [0.15, 0.2) is 22.7 Å². The molecule has 0 saturated heterocycles. The van der Waals surface area contributed by atoms with Crippen LogP contribution in [0.4, 0.5) is 8.78 Å². The second kappa shape index (κ2) is 6.23. The molecular weight excluding hydrogens is 270 g/mol. The number of hydrogen-bond acceptors (Lipinski definition) is 4. The number of halogens is 2. The van der Waals surface area contributed by atoms with E-state index in [0.717, 1.165) is 12.1 Å². The zero-order chi connectivity index (χ0) is 14.5. The molecule has 0 saturated carbocycles. The smallest absolute Gasteiger partial charge is 0.303 e. The number of rotatable bonds is 6. The van der Waals surface area contributed by atoms with Crippen molar-refractivity contribution < 1.29 is 23.2 Å². The highest BCUT2D eigenvalue weighted by atomic mass is 19.1. The van der Waals surface area contributed by atoms with Gasteiger partial charge >= 0.3 is 5.97 Å². The highest BCUT2D eigenvalue weighted by Crippen LogP contribution is 2.13. The number of aromatic nitrogens is 2. The van der Waals surface area contributed by atoms with Crippen LogP contribution in [0.1, 0.15) is 30.1 Å². The number of benzene rings is 1. The summed E-state index contributed by atoms with van der Waals surface area (Å²) < 4.78 is 31.1. The van der Waals surface area contributed by atoms with Crippen LogP contribution in [-0.4, -0.2) is 21.2 Å². The number of carboxylic acids is 1. The van der Waals surface area contributed by atoms with Crippen LogP contribution in [0.3, 0.4) is 0 Å². The molecule has 0 radical (unpaired) electrons. The predicted octanol–water partition coefficient (Wildman–Crippen LogP) is 2.35. The van der Waals surface area contributed by atoms with Crippen LogP contribution in [0.5, 0.6) is 0 Å². The lowest BCUT2D eigenvalue weighted by Gasteiger charge is -1.99. The van der Waals surface area contributed by atoms with Crippen LogP contribution in [0, 0.1) is 11.6 Å². The Morgan fingerprint density at radius 1 is 1.35 bits per heavy atom. The molecule has 0 aliphatic rings. The molecular formula is C13H12F2N2O3. The summed E-state index contributed by atoms with van der Waals surface area (Å²) in [4.78, 5) is 14.4. The van der Waals surface area contributed by atoms with Crippen molar-refractivity contribution in [1.29, 1.82) is 0 Å². The molecule has 1 N–H and O–H groups in total. The molecule has 0 unspecified atom stereocenters. The molecule has 0 amide bonds. The van der Waals surface area contributed by atoms with Gasteiger partial charge in [-0.3, -0.25) is 4.79 Å². The van der Waals surface area contributed by atoms with Gasteiger partial charge in [0.15, 0.2) is 5.82 Å². The van der Waals surface area contributed by atoms with E-state index in [0.29, 0.717) is 18.7 Å². The summed E-state index contributed by atoms with van der Waals surface area (Å²) in [6.45, 7) is 0. The van der Waals surface area contributed by atoms with Crippen LogP contribution in [0.2, 0.25) is 0 Å². The topological polar surface area (TPSA) is 76.2 Å². The second-order valence-electron chi connectivity index (χ2n) is 4.26. The van der Waals surface area contributed by atoms with Crippen molar-refractivity contribution in [2.75, 3.05) is 0 Å². The van der Waals surface area contributed by atoms with E-state index in [2.05, 4.69) is 10.1 Å². The highest BCUT2D eigenvalue weighted by Gasteiger charge is 2.11. The van der Waals surface area contributed by atoms with Gasteiger partial charge in [0.2, 0.25) is 5.89 Å². The van der Waals surface area contributed by atoms with E-state index in [1.165, 1.54) is 6.07 Å². The molecule has 1 aromatic carbocycles. The fourth-order valence-electron chi connectivity index (χ4n) is 1.69. The van der Waals surface area contributed by atoms with Crippen molar-refractivity contribution in [2.24, 2.45) is 0 Å². The van der Waals surface area contributed by atoms with Gasteiger partial charge in [-0.15, -0.1) is 0 Å². The fourth-order valence-corrected chi connectivity index (χ4v) is 1.69. The third kappa shape index (κ3) is 3.84. The van der Waals surface area contributed by atoms with Crippen molar-refractivity contribution >= 4 is 5.97 Å². The molecule has 7 heteroatoms. The maximum Gasteiger partial charge on any atom is 0.303 e. The van der Waals surface area contributed by atoms with Crippen molar-refractivity contribution in [2.45, 2.75) is 25.7 Å². The van der Waals surface area contributed by atoms with Gasteiger partial charge in [0, 0.05) is 25.3 Å². The van der Waals surface area contributed by atoms with E-state index >= 15 is 0 Å². The first-order valence-corrected chi connectivity index (χ1v) is 6.02. The summed E-state index contributed by atoms with van der Waals surface area (Å²) in [6.07, 6.45) is 0.853. The van der Waals surface area contributed by atoms with Gasteiger partial charge in [-0.1, -0.05) is 11.2 Å². The molecule has 0 spiro atoms. The van der Waals surface area contributed by atoms with Crippen LogP contribution in [0.25, 0.3) is 0 Å². The minimum absolute atomic E-state index is 0.0182. The first-order valence-electron chi connectivity index (χ1n) is 6.02. The monoisotopic (exact) mass is 282 g/mol. The molecule has 106 valence electrons. The zero-order valence-corrected chi connectivity index (χ0v) is 10.5. The van der Waals surface area contributed by atoms with Crippen LogP contribution < -0.4 is 0 Å². The summed E-state index contributed by atoms with van der Waals surface area (Å²) >= 11 is 0. The second-order valence-corrected chi connectivity index (χ2v) is 4.26. The van der Waals surface area contributed by atoms with Gasteiger partial charge in [0.1, 0.15) is 11.6 Å². The fraction of sp³-hybridized carbons (Fsp3) is 0.308. The first-order chi connectivity index (χ1) is 9.54. The van der Waals surface area contributed by atoms with Gasteiger partial charge in [0.05, 0.1) is 0 Å². The molecule has 5 nitrogen and oxygen atoms in total. The highest BCUT2D eigenvalue weighted by molar-refractivity contribution is 5.66. The quantitative estimate of drug-likeness (QED) is 0.880. The summed E-state index contributed by atoms with van der Waals surface area (Å²) in [5, 5.41) is 12.2. The molecule has 20 heavy (non-hydrogen) atoms. The predicted molar refractivity (Wildman–Crippen MR) is 64.0 cm³/mol. The lowest BCUT2D eigenvalue weighted by molar-refractivity contribution is -0.137. The molecule has 1 aromatic heterocycles. The number of carbonyl (C=O) groups is 1.